The predicted molar refractivity (Wildman–Crippen MR) is 224 cm³/mol. The Bertz CT molecular complexity index is 3110. The normalized spacial score (nSPS) is 17.8. The monoisotopic (exact) mass is 690 g/mol. The molecule has 0 saturated heterocycles. The van der Waals surface area contributed by atoms with E-state index in [0.29, 0.717) is 0 Å². The molecule has 8 aromatic carbocycles. The first-order valence-corrected chi connectivity index (χ1v) is 18.8. The number of para-hydroxylation sites is 3. The molecule has 1 unspecified atom stereocenters. The SMILES string of the molecule is C[C@@]12C=C(N(c3ccc4c(c3)c3ccccc3n4-c3ccccc3)c3cccc4c3-c3cccc5cc6ccccc6c-4c35)C=CC1Oc1ccccc12. The molecule has 0 N–H and O–H groups in total. The van der Waals surface area contributed by atoms with Crippen LogP contribution in [0.25, 0.3) is 71.3 Å². The highest BCUT2D eigenvalue weighted by Gasteiger charge is 2.45. The van der Waals surface area contributed by atoms with Crippen molar-refractivity contribution in [2.24, 2.45) is 0 Å². The first-order chi connectivity index (χ1) is 26.7. The number of rotatable bonds is 4. The minimum atomic E-state index is -0.330. The fourth-order valence-corrected chi connectivity index (χ4v) is 9.72. The van der Waals surface area contributed by atoms with E-state index in [1.54, 1.807) is 0 Å². The van der Waals surface area contributed by atoms with E-state index in [4.69, 9.17) is 4.74 Å². The number of benzene rings is 8. The van der Waals surface area contributed by atoms with E-state index in [1.807, 2.05) is 0 Å². The van der Waals surface area contributed by atoms with E-state index in [2.05, 4.69) is 198 Å². The van der Waals surface area contributed by atoms with Gasteiger partial charge in [0.15, 0.2) is 0 Å². The lowest BCUT2D eigenvalue weighted by molar-refractivity contribution is 0.227. The quantitative estimate of drug-likeness (QED) is 0.171. The zero-order valence-electron chi connectivity index (χ0n) is 29.7. The molecule has 0 amide bonds. The minimum Gasteiger partial charge on any atom is -0.485 e. The predicted octanol–water partition coefficient (Wildman–Crippen LogP) is 13.0. The van der Waals surface area contributed by atoms with Crippen molar-refractivity contribution in [3.05, 3.63) is 193 Å². The van der Waals surface area contributed by atoms with Crippen molar-refractivity contribution in [2.75, 3.05) is 4.90 Å². The highest BCUT2D eigenvalue weighted by Crippen LogP contribution is 2.56. The zero-order chi connectivity index (χ0) is 35.5. The Labute approximate surface area is 313 Å². The third kappa shape index (κ3) is 3.96. The van der Waals surface area contributed by atoms with Gasteiger partial charge in [-0.1, -0.05) is 109 Å². The molecule has 0 spiro atoms. The van der Waals surface area contributed by atoms with Crippen molar-refractivity contribution in [1.82, 2.24) is 4.57 Å². The van der Waals surface area contributed by atoms with Gasteiger partial charge in [0.2, 0.25) is 0 Å². The standard InChI is InChI=1S/C51H34N2O/c1-51-31-36(26-28-47(51)54-46-24-10-8-21-42(46)51)52(35-25-27-44-41(30-35)38-18-7-9-22-43(38)53(44)34-15-3-2-4-16-34)45-23-12-20-40-49(45)39-19-11-14-33-29-32-13-5-6-17-37(32)50(40)48(33)39/h2-31,47H,1H3/t47?,51-/m0/s1. The average molecular weight is 691 g/mol. The lowest BCUT2D eigenvalue weighted by Crippen LogP contribution is -2.36. The molecule has 2 atom stereocenters. The summed E-state index contributed by atoms with van der Waals surface area (Å²) < 4.78 is 8.94. The highest BCUT2D eigenvalue weighted by atomic mass is 16.5. The third-order valence-electron chi connectivity index (χ3n) is 12.1. The van der Waals surface area contributed by atoms with Gasteiger partial charge in [-0.15, -0.1) is 0 Å². The molecular formula is C51H34N2O. The second kappa shape index (κ2) is 10.8. The second-order valence-electron chi connectivity index (χ2n) is 15.0. The summed E-state index contributed by atoms with van der Waals surface area (Å²) in [5.41, 5.74) is 13.0. The topological polar surface area (TPSA) is 17.4 Å². The molecule has 0 fully saturated rings. The molecule has 9 aromatic rings. The van der Waals surface area contributed by atoms with Crippen molar-refractivity contribution >= 4 is 54.7 Å². The molecule has 3 aliphatic rings. The molecule has 0 saturated carbocycles. The molecule has 0 bridgehead atoms. The fourth-order valence-electron chi connectivity index (χ4n) is 9.72. The zero-order valence-corrected chi connectivity index (χ0v) is 29.7. The van der Waals surface area contributed by atoms with E-state index in [9.17, 15) is 0 Å². The van der Waals surface area contributed by atoms with Gasteiger partial charge in [-0.05, 0) is 118 Å². The summed E-state index contributed by atoms with van der Waals surface area (Å²) in [5, 5.41) is 7.62. The number of ether oxygens (including phenoxy) is 1. The summed E-state index contributed by atoms with van der Waals surface area (Å²) in [6.07, 6.45) is 6.90. The number of hydrogen-bond acceptors (Lipinski definition) is 2. The van der Waals surface area contributed by atoms with Gasteiger partial charge < -0.3 is 14.2 Å². The molecule has 0 radical (unpaired) electrons. The van der Waals surface area contributed by atoms with Gasteiger partial charge in [0.25, 0.3) is 0 Å². The summed E-state index contributed by atoms with van der Waals surface area (Å²) >= 11 is 0. The molecule has 254 valence electrons. The van der Waals surface area contributed by atoms with Crippen molar-refractivity contribution in [3.8, 4) is 33.7 Å². The van der Waals surface area contributed by atoms with E-state index in [0.717, 1.165) is 28.5 Å². The van der Waals surface area contributed by atoms with Crippen LogP contribution in [0.3, 0.4) is 0 Å². The number of anilines is 2. The summed E-state index contributed by atoms with van der Waals surface area (Å²) in [4.78, 5) is 2.50. The number of hydrogen-bond donors (Lipinski definition) is 0. The first kappa shape index (κ1) is 29.7. The molecule has 2 heterocycles. The van der Waals surface area contributed by atoms with Crippen LogP contribution in [0.1, 0.15) is 12.5 Å². The molecule has 1 aromatic heterocycles. The maximum Gasteiger partial charge on any atom is 0.130 e. The molecule has 1 aliphatic heterocycles. The Kier molecular flexibility index (Phi) is 5.97. The maximum absolute atomic E-state index is 6.55. The third-order valence-corrected chi connectivity index (χ3v) is 12.1. The van der Waals surface area contributed by atoms with Gasteiger partial charge in [-0.3, -0.25) is 0 Å². The van der Waals surface area contributed by atoms with E-state index >= 15 is 0 Å². The number of aromatic nitrogens is 1. The highest BCUT2D eigenvalue weighted by molar-refractivity contribution is 6.25. The van der Waals surface area contributed by atoms with Crippen LogP contribution in [0.4, 0.5) is 11.4 Å². The summed E-state index contributed by atoms with van der Waals surface area (Å²) in [5.74, 6) is 0.962. The van der Waals surface area contributed by atoms with Crippen LogP contribution in [0.2, 0.25) is 0 Å². The molecule has 54 heavy (non-hydrogen) atoms. The van der Waals surface area contributed by atoms with Crippen LogP contribution in [-0.4, -0.2) is 10.7 Å². The molecule has 2 aliphatic carbocycles. The van der Waals surface area contributed by atoms with Gasteiger partial charge >= 0.3 is 0 Å². The smallest absolute Gasteiger partial charge is 0.130 e. The lowest BCUT2D eigenvalue weighted by Gasteiger charge is -2.35. The number of fused-ring (bicyclic) bond motifs is 11. The van der Waals surface area contributed by atoms with Crippen LogP contribution in [0.15, 0.2) is 188 Å². The summed E-state index contributed by atoms with van der Waals surface area (Å²) in [6, 6.07) is 59.8. The molecule has 12 rings (SSSR count). The molecular weight excluding hydrogens is 657 g/mol. The van der Waals surface area contributed by atoms with Crippen molar-refractivity contribution in [1.29, 1.82) is 0 Å². The van der Waals surface area contributed by atoms with Gasteiger partial charge in [0.05, 0.1) is 22.1 Å². The van der Waals surface area contributed by atoms with Crippen molar-refractivity contribution in [3.63, 3.8) is 0 Å². The number of nitrogens with zero attached hydrogens (tertiary/aromatic N) is 2. The van der Waals surface area contributed by atoms with Crippen LogP contribution in [0.5, 0.6) is 5.75 Å². The average Bonchev–Trinajstić information content (AvgIpc) is 3.85. The Morgan fingerprint density at radius 2 is 1.33 bits per heavy atom. The van der Waals surface area contributed by atoms with E-state index < -0.39 is 0 Å². The largest absolute Gasteiger partial charge is 0.485 e. The first-order valence-electron chi connectivity index (χ1n) is 18.8. The van der Waals surface area contributed by atoms with Crippen molar-refractivity contribution < 1.29 is 4.74 Å². The second-order valence-corrected chi connectivity index (χ2v) is 15.0. The molecule has 3 heteroatoms. The van der Waals surface area contributed by atoms with Gasteiger partial charge in [-0.25, -0.2) is 0 Å². The Hall–Kier alpha value is -6.84. The van der Waals surface area contributed by atoms with Crippen molar-refractivity contribution in [2.45, 2.75) is 18.4 Å². The Balaban J connectivity index is 1.15. The summed E-state index contributed by atoms with van der Waals surface area (Å²) in [6.45, 7) is 2.32. The lowest BCUT2D eigenvalue weighted by atomic mass is 9.76. The minimum absolute atomic E-state index is 0.0716. The maximum atomic E-state index is 6.55. The van der Waals surface area contributed by atoms with Crippen LogP contribution in [-0.2, 0) is 5.41 Å². The van der Waals surface area contributed by atoms with Gasteiger partial charge in [-0.2, -0.15) is 0 Å². The number of allylic oxidation sites excluding steroid dienone is 1. The van der Waals surface area contributed by atoms with Crippen LogP contribution < -0.4 is 9.64 Å². The van der Waals surface area contributed by atoms with Gasteiger partial charge in [0, 0.05) is 39.0 Å². The van der Waals surface area contributed by atoms with Gasteiger partial charge in [0.1, 0.15) is 11.9 Å². The van der Waals surface area contributed by atoms with E-state index in [-0.39, 0.29) is 11.5 Å². The Morgan fingerprint density at radius 1 is 0.593 bits per heavy atom. The summed E-state index contributed by atoms with van der Waals surface area (Å²) in [7, 11) is 0. The molecule has 3 nitrogen and oxygen atoms in total. The van der Waals surface area contributed by atoms with Crippen LogP contribution in [0, 0.1) is 0 Å². The fraction of sp³-hybridized carbons (Fsp3) is 0.0588. The Morgan fingerprint density at radius 3 is 2.26 bits per heavy atom. The van der Waals surface area contributed by atoms with E-state index in [1.165, 1.54) is 71.2 Å². The van der Waals surface area contributed by atoms with Crippen LogP contribution >= 0.6 is 0 Å².